The van der Waals surface area contributed by atoms with Crippen molar-refractivity contribution in [3.63, 3.8) is 0 Å². The third-order valence-corrected chi connectivity index (χ3v) is 4.95. The van der Waals surface area contributed by atoms with Crippen LogP contribution in [0.3, 0.4) is 0 Å². The number of halogens is 1. The molecule has 7 nitrogen and oxygen atoms in total. The Kier molecular flexibility index (Phi) is 9.43. The second-order valence-corrected chi connectivity index (χ2v) is 6.64. The summed E-state index contributed by atoms with van der Waals surface area (Å²) in [6, 6.07) is 6.65. The molecule has 0 radical (unpaired) electrons. The van der Waals surface area contributed by atoms with Gasteiger partial charge in [0.25, 0.3) is 0 Å². The molecule has 1 atom stereocenters. The van der Waals surface area contributed by atoms with Crippen molar-refractivity contribution < 1.29 is 14.2 Å². The standard InChI is InChI=1S/C19H30N4O3.HI/c1-20-19(22-13-16-4-3-9-23(16)10-11-24-2)21-8-7-15-5-6-17-18(12-15)26-14-25-17;/h5-6,12,16H,3-4,7-11,13-14H2,1-2H3,(H2,20,21,22);1H. The van der Waals surface area contributed by atoms with E-state index in [4.69, 9.17) is 14.2 Å². The summed E-state index contributed by atoms with van der Waals surface area (Å²) in [5.74, 6) is 2.51. The first-order valence-electron chi connectivity index (χ1n) is 9.36. The van der Waals surface area contributed by atoms with Gasteiger partial charge in [-0.2, -0.15) is 0 Å². The second kappa shape index (κ2) is 11.6. The molecule has 0 saturated carbocycles. The SMILES string of the molecule is CN=C(NCCc1ccc2c(c1)OCO2)NCC1CCCN1CCOC.I. The molecule has 152 valence electrons. The van der Waals surface area contributed by atoms with E-state index in [0.29, 0.717) is 12.8 Å². The Bertz CT molecular complexity index is 615. The molecule has 1 aromatic carbocycles. The maximum absolute atomic E-state index is 5.43. The van der Waals surface area contributed by atoms with Crippen molar-refractivity contribution in [1.82, 2.24) is 15.5 Å². The highest BCUT2D eigenvalue weighted by molar-refractivity contribution is 14.0. The Morgan fingerprint density at radius 2 is 2.15 bits per heavy atom. The lowest BCUT2D eigenvalue weighted by Crippen LogP contribution is -2.45. The minimum Gasteiger partial charge on any atom is -0.454 e. The molecule has 1 aromatic rings. The number of fused-ring (bicyclic) bond motifs is 1. The van der Waals surface area contributed by atoms with Gasteiger partial charge in [0.15, 0.2) is 17.5 Å². The summed E-state index contributed by atoms with van der Waals surface area (Å²) in [6.45, 7) is 4.99. The Labute approximate surface area is 178 Å². The predicted molar refractivity (Wildman–Crippen MR) is 118 cm³/mol. The Morgan fingerprint density at radius 3 is 2.96 bits per heavy atom. The molecule has 2 heterocycles. The molecule has 27 heavy (non-hydrogen) atoms. The molecule has 1 unspecified atom stereocenters. The largest absolute Gasteiger partial charge is 0.454 e. The predicted octanol–water partition coefficient (Wildman–Crippen LogP) is 1.85. The van der Waals surface area contributed by atoms with Crippen molar-refractivity contribution in [3.8, 4) is 11.5 Å². The number of guanidine groups is 1. The fraction of sp³-hybridized carbons (Fsp3) is 0.632. The van der Waals surface area contributed by atoms with Crippen molar-refractivity contribution >= 4 is 29.9 Å². The van der Waals surface area contributed by atoms with Gasteiger partial charge in [-0.15, -0.1) is 24.0 Å². The maximum atomic E-state index is 5.43. The molecule has 3 rings (SSSR count). The first kappa shape index (κ1) is 22.0. The van der Waals surface area contributed by atoms with Gasteiger partial charge in [-0.25, -0.2) is 0 Å². The molecular formula is C19H31IN4O3. The van der Waals surface area contributed by atoms with Gasteiger partial charge in [0.2, 0.25) is 6.79 Å². The zero-order valence-electron chi connectivity index (χ0n) is 16.2. The maximum Gasteiger partial charge on any atom is 0.231 e. The van der Waals surface area contributed by atoms with Crippen LogP contribution in [-0.2, 0) is 11.2 Å². The zero-order valence-corrected chi connectivity index (χ0v) is 18.5. The van der Waals surface area contributed by atoms with E-state index in [0.717, 1.165) is 56.7 Å². The summed E-state index contributed by atoms with van der Waals surface area (Å²) in [4.78, 5) is 6.83. The number of nitrogens with one attached hydrogen (secondary N) is 2. The average molecular weight is 490 g/mol. The van der Waals surface area contributed by atoms with Gasteiger partial charge < -0.3 is 24.8 Å². The third-order valence-electron chi connectivity index (χ3n) is 4.95. The summed E-state index contributed by atoms with van der Waals surface area (Å²) < 4.78 is 16.0. The molecular weight excluding hydrogens is 459 g/mol. The van der Waals surface area contributed by atoms with Crippen molar-refractivity contribution in [1.29, 1.82) is 0 Å². The average Bonchev–Trinajstić information content (AvgIpc) is 3.31. The number of likely N-dealkylation sites (tertiary alicyclic amines) is 1. The van der Waals surface area contributed by atoms with Gasteiger partial charge in [0.1, 0.15) is 0 Å². The van der Waals surface area contributed by atoms with Gasteiger partial charge in [0.05, 0.1) is 6.61 Å². The van der Waals surface area contributed by atoms with Crippen molar-refractivity contribution in [2.24, 2.45) is 4.99 Å². The summed E-state index contributed by atoms with van der Waals surface area (Å²) >= 11 is 0. The minimum absolute atomic E-state index is 0. The van der Waals surface area contributed by atoms with Crippen LogP contribution >= 0.6 is 24.0 Å². The van der Waals surface area contributed by atoms with Crippen molar-refractivity contribution in [2.75, 3.05) is 53.7 Å². The summed E-state index contributed by atoms with van der Waals surface area (Å²) in [6.07, 6.45) is 3.39. The summed E-state index contributed by atoms with van der Waals surface area (Å²) in [7, 11) is 3.57. The monoisotopic (exact) mass is 490 g/mol. The number of benzene rings is 1. The van der Waals surface area contributed by atoms with Crippen LogP contribution in [0, 0.1) is 0 Å². The lowest BCUT2D eigenvalue weighted by Gasteiger charge is -2.25. The molecule has 0 bridgehead atoms. The second-order valence-electron chi connectivity index (χ2n) is 6.64. The van der Waals surface area contributed by atoms with E-state index in [2.05, 4.69) is 26.6 Å². The number of hydrogen-bond acceptors (Lipinski definition) is 5. The van der Waals surface area contributed by atoms with Crippen LogP contribution in [0.5, 0.6) is 11.5 Å². The molecule has 2 N–H and O–H groups in total. The zero-order chi connectivity index (χ0) is 18.2. The van der Waals surface area contributed by atoms with E-state index in [9.17, 15) is 0 Å². The molecule has 0 aliphatic carbocycles. The van der Waals surface area contributed by atoms with Crippen LogP contribution in [0.1, 0.15) is 18.4 Å². The highest BCUT2D eigenvalue weighted by Gasteiger charge is 2.23. The third kappa shape index (κ3) is 6.39. The minimum atomic E-state index is 0. The van der Waals surface area contributed by atoms with Crippen LogP contribution < -0.4 is 20.1 Å². The van der Waals surface area contributed by atoms with E-state index in [1.807, 2.05) is 19.2 Å². The van der Waals surface area contributed by atoms with E-state index >= 15 is 0 Å². The lowest BCUT2D eigenvalue weighted by atomic mass is 10.1. The summed E-state index contributed by atoms with van der Waals surface area (Å²) in [5, 5.41) is 6.85. The molecule has 0 aromatic heterocycles. The highest BCUT2D eigenvalue weighted by Crippen LogP contribution is 2.32. The number of rotatable bonds is 8. The van der Waals surface area contributed by atoms with Crippen LogP contribution in [0.15, 0.2) is 23.2 Å². The van der Waals surface area contributed by atoms with Crippen LogP contribution in [-0.4, -0.2) is 70.6 Å². The number of hydrogen-bond donors (Lipinski definition) is 2. The Morgan fingerprint density at radius 1 is 1.30 bits per heavy atom. The van der Waals surface area contributed by atoms with Gasteiger partial charge in [-0.05, 0) is 43.5 Å². The summed E-state index contributed by atoms with van der Waals surface area (Å²) in [5.41, 5.74) is 1.22. The quantitative estimate of drug-likeness (QED) is 0.330. The van der Waals surface area contributed by atoms with E-state index < -0.39 is 0 Å². The topological polar surface area (TPSA) is 67.4 Å². The van der Waals surface area contributed by atoms with Crippen LogP contribution in [0.4, 0.5) is 0 Å². The number of methoxy groups -OCH3 is 1. The van der Waals surface area contributed by atoms with Crippen molar-refractivity contribution in [3.05, 3.63) is 23.8 Å². The van der Waals surface area contributed by atoms with Gasteiger partial charge in [-0.1, -0.05) is 6.07 Å². The van der Waals surface area contributed by atoms with E-state index in [-0.39, 0.29) is 24.0 Å². The van der Waals surface area contributed by atoms with Crippen LogP contribution in [0.25, 0.3) is 0 Å². The normalized spacial score (nSPS) is 19.0. The Hall–Kier alpha value is -1.26. The lowest BCUT2D eigenvalue weighted by molar-refractivity contribution is 0.141. The molecule has 0 spiro atoms. The van der Waals surface area contributed by atoms with Gasteiger partial charge >= 0.3 is 0 Å². The highest BCUT2D eigenvalue weighted by atomic mass is 127. The number of nitrogens with zero attached hydrogens (tertiary/aromatic N) is 2. The van der Waals surface area contributed by atoms with Crippen LogP contribution in [0.2, 0.25) is 0 Å². The number of aliphatic imine (C=N–C) groups is 1. The van der Waals surface area contributed by atoms with Crippen molar-refractivity contribution in [2.45, 2.75) is 25.3 Å². The molecule has 1 saturated heterocycles. The molecule has 2 aliphatic heterocycles. The van der Waals surface area contributed by atoms with E-state index in [1.165, 1.54) is 18.4 Å². The fourth-order valence-corrected chi connectivity index (χ4v) is 3.49. The van der Waals surface area contributed by atoms with E-state index in [1.54, 1.807) is 7.11 Å². The number of ether oxygens (including phenoxy) is 3. The molecule has 1 fully saturated rings. The smallest absolute Gasteiger partial charge is 0.231 e. The molecule has 0 amide bonds. The molecule has 2 aliphatic rings. The Balaban J connectivity index is 0.00000261. The fourth-order valence-electron chi connectivity index (χ4n) is 3.49. The molecule has 8 heteroatoms. The first-order chi connectivity index (χ1) is 12.8. The first-order valence-corrected chi connectivity index (χ1v) is 9.36. The van der Waals surface area contributed by atoms with Gasteiger partial charge in [0, 0.05) is 39.8 Å². The van der Waals surface area contributed by atoms with Gasteiger partial charge in [-0.3, -0.25) is 9.89 Å².